The van der Waals surface area contributed by atoms with E-state index in [1.54, 1.807) is 6.92 Å². The lowest BCUT2D eigenvalue weighted by atomic mass is 9.86. The summed E-state index contributed by atoms with van der Waals surface area (Å²) in [6, 6.07) is -0.491. The Hall–Kier alpha value is -1.92. The highest BCUT2D eigenvalue weighted by atomic mass is 16.4. The molecule has 1 atom stereocenters. The summed E-state index contributed by atoms with van der Waals surface area (Å²) in [4.78, 5) is 27.1. The number of aromatic nitrogens is 3. The van der Waals surface area contributed by atoms with Gasteiger partial charge in [0.05, 0.1) is 5.41 Å². The van der Waals surface area contributed by atoms with Crippen LogP contribution < -0.4 is 5.32 Å². The Morgan fingerprint density at radius 3 is 2.68 bits per heavy atom. The average Bonchev–Trinajstić information content (AvgIpc) is 3.06. The van der Waals surface area contributed by atoms with Gasteiger partial charge < -0.3 is 10.4 Å². The molecule has 1 heterocycles. The van der Waals surface area contributed by atoms with Gasteiger partial charge in [0.15, 0.2) is 0 Å². The van der Waals surface area contributed by atoms with Gasteiger partial charge >= 0.3 is 5.97 Å². The number of carbonyl (C=O) groups is 2. The number of nitrogens with one attached hydrogen (secondary N) is 1. The van der Waals surface area contributed by atoms with Gasteiger partial charge in [-0.3, -0.25) is 9.59 Å². The molecule has 2 rings (SSSR count). The summed E-state index contributed by atoms with van der Waals surface area (Å²) >= 11 is 0. The van der Waals surface area contributed by atoms with Gasteiger partial charge in [0.25, 0.3) is 0 Å². The van der Waals surface area contributed by atoms with Crippen molar-refractivity contribution in [2.24, 2.45) is 5.41 Å². The van der Waals surface area contributed by atoms with E-state index in [2.05, 4.69) is 15.4 Å². The average molecular weight is 266 g/mol. The van der Waals surface area contributed by atoms with Crippen molar-refractivity contribution in [2.45, 2.75) is 38.6 Å². The molecule has 104 valence electrons. The molecule has 2 N–H and O–H groups in total. The third-order valence-corrected chi connectivity index (χ3v) is 3.83. The normalized spacial score (nSPS) is 19.0. The Balaban J connectivity index is 1.94. The first kappa shape index (κ1) is 13.5. The second-order valence-corrected chi connectivity index (χ2v) is 5.06. The summed E-state index contributed by atoms with van der Waals surface area (Å²) in [5.41, 5.74) is -0.794. The van der Waals surface area contributed by atoms with Gasteiger partial charge in [0.2, 0.25) is 5.91 Å². The van der Waals surface area contributed by atoms with Crippen molar-refractivity contribution in [3.05, 3.63) is 12.7 Å². The van der Waals surface area contributed by atoms with E-state index in [9.17, 15) is 14.7 Å². The molecular weight excluding hydrogens is 248 g/mol. The molecule has 0 radical (unpaired) electrons. The predicted octanol–water partition coefficient (Wildman–Crippen LogP) is 0.600. The minimum atomic E-state index is -0.821. The van der Waals surface area contributed by atoms with Crippen LogP contribution in [0.4, 0.5) is 0 Å². The van der Waals surface area contributed by atoms with Gasteiger partial charge in [-0.05, 0) is 19.8 Å². The Labute approximate surface area is 111 Å². The molecule has 1 fully saturated rings. The van der Waals surface area contributed by atoms with Gasteiger partial charge in [-0.25, -0.2) is 9.67 Å². The number of carboxylic acids is 1. The number of carboxylic acid groups (broad SMARTS) is 1. The SMILES string of the molecule is CC(C(=O)NCC1(C(=O)O)CCCC1)n1cncn1. The lowest BCUT2D eigenvalue weighted by molar-refractivity contribution is -0.148. The molecule has 0 aromatic carbocycles. The molecule has 0 bridgehead atoms. The van der Waals surface area contributed by atoms with Crippen LogP contribution in [0.2, 0.25) is 0 Å². The topological polar surface area (TPSA) is 97.1 Å². The molecule has 7 heteroatoms. The zero-order valence-electron chi connectivity index (χ0n) is 10.9. The highest BCUT2D eigenvalue weighted by Gasteiger charge is 2.41. The van der Waals surface area contributed by atoms with Crippen LogP contribution in [0.1, 0.15) is 38.6 Å². The lowest BCUT2D eigenvalue weighted by Gasteiger charge is -2.24. The van der Waals surface area contributed by atoms with Crippen molar-refractivity contribution in [2.75, 3.05) is 6.54 Å². The van der Waals surface area contributed by atoms with Crippen LogP contribution in [-0.4, -0.2) is 38.3 Å². The molecular formula is C12H18N4O3. The number of hydrogen-bond acceptors (Lipinski definition) is 4. The molecule has 1 unspecified atom stereocenters. The van der Waals surface area contributed by atoms with E-state index in [1.807, 2.05) is 0 Å². The summed E-state index contributed by atoms with van der Waals surface area (Å²) in [6.07, 6.45) is 5.88. The maximum Gasteiger partial charge on any atom is 0.311 e. The minimum Gasteiger partial charge on any atom is -0.481 e. The number of carbonyl (C=O) groups excluding carboxylic acids is 1. The highest BCUT2D eigenvalue weighted by Crippen LogP contribution is 2.37. The third kappa shape index (κ3) is 2.74. The van der Waals surface area contributed by atoms with Gasteiger partial charge in [0, 0.05) is 6.54 Å². The van der Waals surface area contributed by atoms with Crippen molar-refractivity contribution in [3.63, 3.8) is 0 Å². The summed E-state index contributed by atoms with van der Waals surface area (Å²) in [5.74, 6) is -1.06. The minimum absolute atomic E-state index is 0.181. The Morgan fingerprint density at radius 1 is 1.47 bits per heavy atom. The zero-order valence-corrected chi connectivity index (χ0v) is 10.9. The molecule has 1 aromatic rings. The Kier molecular flexibility index (Phi) is 3.82. The van der Waals surface area contributed by atoms with E-state index in [0.29, 0.717) is 12.8 Å². The summed E-state index contributed by atoms with van der Waals surface area (Å²) in [5, 5.41) is 15.9. The van der Waals surface area contributed by atoms with Crippen LogP contribution in [0, 0.1) is 5.41 Å². The number of nitrogens with zero attached hydrogens (tertiary/aromatic N) is 3. The fraction of sp³-hybridized carbons (Fsp3) is 0.667. The van der Waals surface area contributed by atoms with Gasteiger partial charge in [0.1, 0.15) is 18.7 Å². The van der Waals surface area contributed by atoms with Crippen molar-refractivity contribution in [1.82, 2.24) is 20.1 Å². The molecule has 7 nitrogen and oxygen atoms in total. The fourth-order valence-electron chi connectivity index (χ4n) is 2.46. The smallest absolute Gasteiger partial charge is 0.311 e. The maximum atomic E-state index is 12.0. The molecule has 1 aliphatic rings. The Morgan fingerprint density at radius 2 is 2.16 bits per heavy atom. The molecule has 1 saturated carbocycles. The molecule has 0 spiro atoms. The van der Waals surface area contributed by atoms with Crippen molar-refractivity contribution in [3.8, 4) is 0 Å². The van der Waals surface area contributed by atoms with Crippen LogP contribution >= 0.6 is 0 Å². The lowest BCUT2D eigenvalue weighted by Crippen LogP contribution is -2.43. The van der Waals surface area contributed by atoms with Crippen LogP contribution in [0.5, 0.6) is 0 Å². The number of hydrogen-bond donors (Lipinski definition) is 2. The quantitative estimate of drug-likeness (QED) is 0.813. The fourth-order valence-corrected chi connectivity index (χ4v) is 2.46. The van der Waals surface area contributed by atoms with E-state index in [4.69, 9.17) is 0 Å². The first-order valence-electron chi connectivity index (χ1n) is 6.40. The number of aliphatic carboxylic acids is 1. The zero-order chi connectivity index (χ0) is 13.9. The Bertz CT molecular complexity index is 452. The standard InChI is InChI=1S/C12H18N4O3/c1-9(16-8-13-7-15-16)10(17)14-6-12(11(18)19)4-2-3-5-12/h7-9H,2-6H2,1H3,(H,14,17)(H,18,19). The molecule has 0 aliphatic heterocycles. The van der Waals surface area contributed by atoms with Crippen LogP contribution in [-0.2, 0) is 9.59 Å². The van der Waals surface area contributed by atoms with Crippen LogP contribution in [0.25, 0.3) is 0 Å². The van der Waals surface area contributed by atoms with E-state index < -0.39 is 17.4 Å². The molecule has 0 saturated heterocycles. The van der Waals surface area contributed by atoms with E-state index >= 15 is 0 Å². The monoisotopic (exact) mass is 266 g/mol. The number of rotatable bonds is 5. The first-order chi connectivity index (χ1) is 9.05. The van der Waals surface area contributed by atoms with E-state index in [-0.39, 0.29) is 12.5 Å². The van der Waals surface area contributed by atoms with E-state index in [1.165, 1.54) is 17.3 Å². The van der Waals surface area contributed by atoms with Gasteiger partial charge in [-0.1, -0.05) is 12.8 Å². The van der Waals surface area contributed by atoms with Crippen molar-refractivity contribution < 1.29 is 14.7 Å². The third-order valence-electron chi connectivity index (χ3n) is 3.83. The molecule has 1 aliphatic carbocycles. The first-order valence-corrected chi connectivity index (χ1v) is 6.40. The summed E-state index contributed by atoms with van der Waals surface area (Å²) in [7, 11) is 0. The summed E-state index contributed by atoms with van der Waals surface area (Å²) < 4.78 is 1.44. The number of amides is 1. The largest absolute Gasteiger partial charge is 0.481 e. The van der Waals surface area contributed by atoms with Crippen molar-refractivity contribution in [1.29, 1.82) is 0 Å². The second kappa shape index (κ2) is 5.38. The molecule has 1 aromatic heterocycles. The van der Waals surface area contributed by atoms with Gasteiger partial charge in [-0.2, -0.15) is 5.10 Å². The van der Waals surface area contributed by atoms with E-state index in [0.717, 1.165) is 12.8 Å². The van der Waals surface area contributed by atoms with Crippen LogP contribution in [0.15, 0.2) is 12.7 Å². The summed E-state index contributed by atoms with van der Waals surface area (Å²) in [6.45, 7) is 1.88. The maximum absolute atomic E-state index is 12.0. The molecule has 19 heavy (non-hydrogen) atoms. The molecule has 1 amide bonds. The second-order valence-electron chi connectivity index (χ2n) is 5.06. The highest BCUT2D eigenvalue weighted by molar-refractivity contribution is 5.81. The predicted molar refractivity (Wildman–Crippen MR) is 66.3 cm³/mol. The van der Waals surface area contributed by atoms with Crippen LogP contribution in [0.3, 0.4) is 0 Å². The van der Waals surface area contributed by atoms with Gasteiger partial charge in [-0.15, -0.1) is 0 Å². The van der Waals surface area contributed by atoms with Crippen molar-refractivity contribution >= 4 is 11.9 Å².